The molecule has 8 heteroatoms. The molecule has 1 saturated carbocycles. The van der Waals surface area contributed by atoms with E-state index in [2.05, 4.69) is 16.1 Å². The number of halogens is 2. The van der Waals surface area contributed by atoms with Gasteiger partial charge in [0.15, 0.2) is 15.7 Å². The van der Waals surface area contributed by atoms with Crippen molar-refractivity contribution < 1.29 is 17.2 Å². The Balaban J connectivity index is 1.67. The minimum absolute atomic E-state index is 0.0366. The van der Waals surface area contributed by atoms with Crippen molar-refractivity contribution in [2.45, 2.75) is 24.5 Å². The first-order chi connectivity index (χ1) is 14.8. The molecule has 5 rings (SSSR count). The Labute approximate surface area is 178 Å². The van der Waals surface area contributed by atoms with Crippen LogP contribution < -0.4 is 0 Å². The fourth-order valence-electron chi connectivity index (χ4n) is 3.88. The van der Waals surface area contributed by atoms with E-state index in [-0.39, 0.29) is 11.4 Å². The van der Waals surface area contributed by atoms with Crippen LogP contribution in [0.15, 0.2) is 55.0 Å². The molecule has 0 bridgehead atoms. The number of pyridine rings is 2. The number of benzene rings is 1. The molecule has 0 N–H and O–H groups in total. The normalized spacial score (nSPS) is 14.3. The van der Waals surface area contributed by atoms with Gasteiger partial charge in [0.25, 0.3) is 0 Å². The first-order valence-corrected chi connectivity index (χ1v) is 11.9. The van der Waals surface area contributed by atoms with Gasteiger partial charge in [0, 0.05) is 29.6 Å². The molecule has 0 amide bonds. The molecule has 0 spiro atoms. The monoisotopic (exact) mass is 439 g/mol. The van der Waals surface area contributed by atoms with E-state index in [0.717, 1.165) is 29.6 Å². The second kappa shape index (κ2) is 7.23. The number of hydrogen-bond acceptors (Lipinski definition) is 4. The molecule has 1 fully saturated rings. The molecule has 1 aliphatic rings. The van der Waals surface area contributed by atoms with Gasteiger partial charge in [-0.2, -0.15) is 5.10 Å². The van der Waals surface area contributed by atoms with Crippen molar-refractivity contribution >= 4 is 15.4 Å². The first kappa shape index (κ1) is 19.8. The van der Waals surface area contributed by atoms with E-state index in [4.69, 9.17) is 0 Å². The number of nitrogens with zero attached hydrogens (tertiary/aromatic N) is 3. The summed E-state index contributed by atoms with van der Waals surface area (Å²) >= 11 is 0. The molecule has 0 atom stereocenters. The van der Waals surface area contributed by atoms with Crippen LogP contribution in [0.5, 0.6) is 0 Å². The van der Waals surface area contributed by atoms with E-state index < -0.39 is 21.5 Å². The summed E-state index contributed by atoms with van der Waals surface area (Å²) in [6.07, 6.45) is 8.18. The average Bonchev–Trinajstić information content (AvgIpc) is 3.45. The predicted octanol–water partition coefficient (Wildman–Crippen LogP) is 4.76. The average molecular weight is 439 g/mol. The number of rotatable bonds is 5. The fraction of sp³-hybridized carbons (Fsp3) is 0.217. The summed E-state index contributed by atoms with van der Waals surface area (Å²) in [7, 11) is -3.32. The van der Waals surface area contributed by atoms with Crippen LogP contribution in [0, 0.1) is 11.6 Å². The van der Waals surface area contributed by atoms with Gasteiger partial charge in [0.05, 0.1) is 23.7 Å². The van der Waals surface area contributed by atoms with E-state index in [1.54, 1.807) is 24.4 Å². The Hall–Kier alpha value is -3.13. The Morgan fingerprint density at radius 3 is 2.55 bits per heavy atom. The minimum Gasteiger partial charge on any atom is -0.250 e. The molecule has 0 saturated heterocycles. The number of fused-ring (bicyclic) bond motifs is 1. The summed E-state index contributed by atoms with van der Waals surface area (Å²) < 4.78 is 53.4. The topological polar surface area (TPSA) is 64.3 Å². The molecule has 31 heavy (non-hydrogen) atoms. The summed E-state index contributed by atoms with van der Waals surface area (Å²) in [5.74, 6) is -1.20. The first-order valence-electron chi connectivity index (χ1n) is 9.87. The van der Waals surface area contributed by atoms with Gasteiger partial charge < -0.3 is 0 Å². The third kappa shape index (κ3) is 4.07. The number of hydrogen-bond donors (Lipinski definition) is 0. The zero-order valence-corrected chi connectivity index (χ0v) is 17.5. The maximum absolute atomic E-state index is 14.4. The summed E-state index contributed by atoms with van der Waals surface area (Å²) in [6.45, 7) is 0. The highest BCUT2D eigenvalue weighted by Gasteiger charge is 2.24. The standard InChI is InChI=1S/C23H19F2N3O2S/c1-31(29,30)13-14-6-17(8-18(7-14)23-21(25)9-19(24)10-26-23)20-11-27-28-12-16(15-2-3-15)4-5-22(20)28/h4-12,15H,2-3,13H2,1H3. The van der Waals surface area contributed by atoms with Crippen LogP contribution >= 0.6 is 0 Å². The minimum atomic E-state index is -3.32. The second-order valence-corrected chi connectivity index (χ2v) is 10.2. The van der Waals surface area contributed by atoms with E-state index >= 15 is 0 Å². The maximum atomic E-state index is 14.4. The molecule has 0 aliphatic heterocycles. The SMILES string of the molecule is CS(=O)(=O)Cc1cc(-c2ncc(F)cc2F)cc(-c2cnn3cc(C4CC4)ccc23)c1. The van der Waals surface area contributed by atoms with Gasteiger partial charge in [-0.1, -0.05) is 6.07 Å². The molecule has 158 valence electrons. The fourth-order valence-corrected chi connectivity index (χ4v) is 4.65. The van der Waals surface area contributed by atoms with Gasteiger partial charge >= 0.3 is 0 Å². The highest BCUT2D eigenvalue weighted by Crippen LogP contribution is 2.40. The molecule has 5 nitrogen and oxygen atoms in total. The highest BCUT2D eigenvalue weighted by atomic mass is 32.2. The lowest BCUT2D eigenvalue weighted by Crippen LogP contribution is -2.02. The molecule has 3 heterocycles. The molecule has 1 aliphatic carbocycles. The summed E-state index contributed by atoms with van der Waals surface area (Å²) in [6, 6.07) is 9.90. The van der Waals surface area contributed by atoms with Crippen LogP contribution in [0.3, 0.4) is 0 Å². The zero-order chi connectivity index (χ0) is 21.8. The van der Waals surface area contributed by atoms with Gasteiger partial charge in [-0.3, -0.25) is 4.98 Å². The third-order valence-electron chi connectivity index (χ3n) is 5.40. The Kier molecular flexibility index (Phi) is 4.62. The van der Waals surface area contributed by atoms with Crippen LogP contribution in [0.2, 0.25) is 0 Å². The van der Waals surface area contributed by atoms with E-state index in [9.17, 15) is 17.2 Å². The quantitative estimate of drug-likeness (QED) is 0.450. The van der Waals surface area contributed by atoms with Gasteiger partial charge in [0.2, 0.25) is 0 Å². The summed E-state index contributed by atoms with van der Waals surface area (Å²) in [5.41, 5.74) is 4.42. The van der Waals surface area contributed by atoms with Crippen LogP contribution in [-0.4, -0.2) is 29.3 Å². The van der Waals surface area contributed by atoms with Crippen molar-refractivity contribution in [2.24, 2.45) is 0 Å². The predicted molar refractivity (Wildman–Crippen MR) is 114 cm³/mol. The highest BCUT2D eigenvalue weighted by molar-refractivity contribution is 7.89. The maximum Gasteiger partial charge on any atom is 0.152 e. The third-order valence-corrected chi connectivity index (χ3v) is 6.26. The largest absolute Gasteiger partial charge is 0.250 e. The Bertz CT molecular complexity index is 1430. The molecule has 4 aromatic rings. The zero-order valence-electron chi connectivity index (χ0n) is 16.7. The molecule has 3 aromatic heterocycles. The van der Waals surface area contributed by atoms with E-state index in [1.807, 2.05) is 16.8 Å². The molecule has 0 radical (unpaired) electrons. The van der Waals surface area contributed by atoms with Crippen molar-refractivity contribution in [3.63, 3.8) is 0 Å². The van der Waals surface area contributed by atoms with Crippen molar-refractivity contribution in [2.75, 3.05) is 6.26 Å². The van der Waals surface area contributed by atoms with E-state index in [1.165, 1.54) is 18.4 Å². The van der Waals surface area contributed by atoms with Crippen molar-refractivity contribution in [3.05, 3.63) is 77.8 Å². The second-order valence-electron chi connectivity index (χ2n) is 8.10. The van der Waals surface area contributed by atoms with Gasteiger partial charge in [0.1, 0.15) is 11.5 Å². The van der Waals surface area contributed by atoms with Crippen molar-refractivity contribution in [3.8, 4) is 22.4 Å². The smallest absolute Gasteiger partial charge is 0.152 e. The van der Waals surface area contributed by atoms with Crippen LogP contribution in [-0.2, 0) is 15.6 Å². The summed E-state index contributed by atoms with van der Waals surface area (Å²) in [5, 5.41) is 4.46. The van der Waals surface area contributed by atoms with Gasteiger partial charge in [-0.05, 0) is 59.7 Å². The lowest BCUT2D eigenvalue weighted by atomic mass is 9.99. The number of sulfone groups is 1. The molecular formula is C23H19F2N3O2S. The molecule has 0 unspecified atom stereocenters. The molecule has 1 aromatic carbocycles. The Morgan fingerprint density at radius 1 is 1.06 bits per heavy atom. The van der Waals surface area contributed by atoms with Crippen LogP contribution in [0.4, 0.5) is 8.78 Å². The van der Waals surface area contributed by atoms with E-state index in [0.29, 0.717) is 22.6 Å². The van der Waals surface area contributed by atoms with Crippen molar-refractivity contribution in [1.29, 1.82) is 0 Å². The van der Waals surface area contributed by atoms with Gasteiger partial charge in [-0.25, -0.2) is 21.7 Å². The number of aromatic nitrogens is 3. The molecular weight excluding hydrogens is 420 g/mol. The lowest BCUT2D eigenvalue weighted by Gasteiger charge is -2.10. The Morgan fingerprint density at radius 2 is 1.84 bits per heavy atom. The van der Waals surface area contributed by atoms with Crippen LogP contribution in [0.1, 0.15) is 29.9 Å². The lowest BCUT2D eigenvalue weighted by molar-refractivity contribution is 0.576. The summed E-state index contributed by atoms with van der Waals surface area (Å²) in [4.78, 5) is 3.89. The van der Waals surface area contributed by atoms with Crippen molar-refractivity contribution in [1.82, 2.24) is 14.6 Å². The van der Waals surface area contributed by atoms with Gasteiger partial charge in [-0.15, -0.1) is 0 Å². The van der Waals surface area contributed by atoms with Crippen LogP contribution in [0.25, 0.3) is 27.9 Å².